The first-order chi connectivity index (χ1) is 10.1. The lowest BCUT2D eigenvalue weighted by Crippen LogP contribution is -2.06. The molecule has 0 fully saturated rings. The van der Waals surface area contributed by atoms with Crippen LogP contribution in [0.5, 0.6) is 5.75 Å². The molecule has 0 spiro atoms. The second-order valence-corrected chi connectivity index (χ2v) is 5.41. The Balaban J connectivity index is 2.10. The smallest absolute Gasteiger partial charge is 0.120 e. The second-order valence-electron chi connectivity index (χ2n) is 4.97. The average Bonchev–Trinajstić information content (AvgIpc) is 2.45. The van der Waals surface area contributed by atoms with Crippen LogP contribution in [0.25, 0.3) is 0 Å². The van der Waals surface area contributed by atoms with E-state index in [1.165, 1.54) is 0 Å². The van der Waals surface area contributed by atoms with Gasteiger partial charge in [0.25, 0.3) is 0 Å². The van der Waals surface area contributed by atoms with Crippen molar-refractivity contribution in [2.24, 2.45) is 0 Å². The minimum Gasteiger partial charge on any atom is -0.491 e. The molecule has 3 nitrogen and oxygen atoms in total. The number of nitrogens with zero attached hydrogens (tertiary/aromatic N) is 1. The predicted molar refractivity (Wildman–Crippen MR) is 85.7 cm³/mol. The maximum Gasteiger partial charge on any atom is 0.120 e. The maximum atomic E-state index is 9.10. The van der Waals surface area contributed by atoms with E-state index in [0.717, 1.165) is 17.0 Å². The van der Waals surface area contributed by atoms with Gasteiger partial charge >= 0.3 is 0 Å². The van der Waals surface area contributed by atoms with Crippen molar-refractivity contribution < 1.29 is 4.74 Å². The molecule has 1 N–H and O–H groups in total. The molecule has 0 amide bonds. The van der Waals surface area contributed by atoms with E-state index in [1.54, 1.807) is 18.2 Å². The molecule has 0 saturated carbocycles. The molecule has 2 aromatic rings. The zero-order valence-corrected chi connectivity index (χ0v) is 12.8. The van der Waals surface area contributed by atoms with E-state index in [2.05, 4.69) is 11.4 Å². The molecule has 21 heavy (non-hydrogen) atoms. The third kappa shape index (κ3) is 4.40. The van der Waals surface area contributed by atoms with Gasteiger partial charge in [-0.2, -0.15) is 5.26 Å². The molecule has 2 aromatic carbocycles. The highest BCUT2D eigenvalue weighted by Crippen LogP contribution is 2.22. The van der Waals surface area contributed by atoms with Gasteiger partial charge in [0, 0.05) is 11.6 Å². The van der Waals surface area contributed by atoms with Crippen LogP contribution in [0.1, 0.15) is 25.0 Å². The maximum absolute atomic E-state index is 9.10. The highest BCUT2D eigenvalue weighted by Gasteiger charge is 2.04. The molecule has 0 bridgehead atoms. The number of benzene rings is 2. The topological polar surface area (TPSA) is 45.0 Å². The van der Waals surface area contributed by atoms with E-state index in [1.807, 2.05) is 38.1 Å². The summed E-state index contributed by atoms with van der Waals surface area (Å²) in [6.45, 7) is 4.59. The molecule has 0 aliphatic heterocycles. The van der Waals surface area contributed by atoms with Gasteiger partial charge in [-0.05, 0) is 49.7 Å². The minimum absolute atomic E-state index is 0.145. The van der Waals surface area contributed by atoms with Gasteiger partial charge in [0.1, 0.15) is 11.8 Å². The van der Waals surface area contributed by atoms with Gasteiger partial charge < -0.3 is 10.1 Å². The lowest BCUT2D eigenvalue weighted by atomic mass is 10.1. The standard InChI is InChI=1S/C17H17ClN2O/c1-12(2)21-16-5-3-4-13(8-16)11-20-17-9-15(18)7-6-14(17)10-19/h3-9,12,20H,11H2,1-2H3. The predicted octanol–water partition coefficient (Wildman–Crippen LogP) is 4.61. The van der Waals surface area contributed by atoms with E-state index in [9.17, 15) is 0 Å². The fourth-order valence-electron chi connectivity index (χ4n) is 1.96. The van der Waals surface area contributed by atoms with E-state index in [4.69, 9.17) is 21.6 Å². The van der Waals surface area contributed by atoms with Crippen LogP contribution in [0, 0.1) is 11.3 Å². The van der Waals surface area contributed by atoms with Gasteiger partial charge in [0.2, 0.25) is 0 Å². The Bertz CT molecular complexity index is 662. The van der Waals surface area contributed by atoms with Crippen molar-refractivity contribution in [2.45, 2.75) is 26.5 Å². The number of halogens is 1. The Morgan fingerprint density at radius 2 is 2.05 bits per heavy atom. The van der Waals surface area contributed by atoms with Crippen LogP contribution in [-0.2, 0) is 6.54 Å². The number of nitrogens with one attached hydrogen (secondary N) is 1. The van der Waals surface area contributed by atoms with E-state index < -0.39 is 0 Å². The second kappa shape index (κ2) is 7.01. The van der Waals surface area contributed by atoms with Gasteiger partial charge in [0.15, 0.2) is 0 Å². The van der Waals surface area contributed by atoms with Crippen LogP contribution in [0.4, 0.5) is 5.69 Å². The third-order valence-electron chi connectivity index (χ3n) is 2.86. The normalized spacial score (nSPS) is 10.2. The summed E-state index contributed by atoms with van der Waals surface area (Å²) < 4.78 is 5.67. The summed E-state index contributed by atoms with van der Waals surface area (Å²) in [7, 11) is 0. The van der Waals surface area contributed by atoms with Crippen molar-refractivity contribution in [2.75, 3.05) is 5.32 Å². The van der Waals surface area contributed by atoms with Crippen LogP contribution in [0.3, 0.4) is 0 Å². The molecule has 0 saturated heterocycles. The Morgan fingerprint density at radius 1 is 1.24 bits per heavy atom. The summed E-state index contributed by atoms with van der Waals surface area (Å²) in [4.78, 5) is 0. The van der Waals surface area contributed by atoms with E-state index in [0.29, 0.717) is 17.1 Å². The number of anilines is 1. The molecule has 0 heterocycles. The van der Waals surface area contributed by atoms with Crippen LogP contribution < -0.4 is 10.1 Å². The molecule has 0 radical (unpaired) electrons. The molecule has 0 aliphatic rings. The molecule has 0 atom stereocenters. The van der Waals surface area contributed by atoms with Gasteiger partial charge in [-0.15, -0.1) is 0 Å². The van der Waals surface area contributed by atoms with Crippen LogP contribution >= 0.6 is 11.6 Å². The summed E-state index contributed by atoms with van der Waals surface area (Å²) in [6, 6.07) is 15.2. The summed E-state index contributed by atoms with van der Waals surface area (Å²) in [5.41, 5.74) is 2.39. The first-order valence-electron chi connectivity index (χ1n) is 6.77. The molecular formula is C17H17ClN2O. The zero-order chi connectivity index (χ0) is 15.2. The van der Waals surface area contributed by atoms with E-state index in [-0.39, 0.29) is 6.10 Å². The van der Waals surface area contributed by atoms with Crippen LogP contribution in [0.2, 0.25) is 5.02 Å². The van der Waals surface area contributed by atoms with Crippen molar-refractivity contribution in [1.82, 2.24) is 0 Å². The third-order valence-corrected chi connectivity index (χ3v) is 3.09. The molecular weight excluding hydrogens is 284 g/mol. The lowest BCUT2D eigenvalue weighted by molar-refractivity contribution is 0.242. The molecule has 0 aromatic heterocycles. The molecule has 108 valence electrons. The number of rotatable bonds is 5. The average molecular weight is 301 g/mol. The van der Waals surface area contributed by atoms with Crippen molar-refractivity contribution in [3.8, 4) is 11.8 Å². The molecule has 0 aliphatic carbocycles. The number of hydrogen-bond acceptors (Lipinski definition) is 3. The molecule has 0 unspecified atom stereocenters. The number of nitriles is 1. The summed E-state index contributed by atoms with van der Waals surface area (Å²) in [6.07, 6.45) is 0.145. The quantitative estimate of drug-likeness (QED) is 0.877. The Labute approximate surface area is 130 Å². The van der Waals surface area contributed by atoms with Crippen molar-refractivity contribution in [3.63, 3.8) is 0 Å². The van der Waals surface area contributed by atoms with Crippen molar-refractivity contribution in [1.29, 1.82) is 5.26 Å². The fraction of sp³-hybridized carbons (Fsp3) is 0.235. The van der Waals surface area contributed by atoms with E-state index >= 15 is 0 Å². The first kappa shape index (κ1) is 15.2. The van der Waals surface area contributed by atoms with Gasteiger partial charge in [0.05, 0.1) is 17.4 Å². The number of ether oxygens (including phenoxy) is 1. The van der Waals surface area contributed by atoms with Crippen molar-refractivity contribution in [3.05, 3.63) is 58.6 Å². The summed E-state index contributed by atoms with van der Waals surface area (Å²) in [5.74, 6) is 0.843. The largest absolute Gasteiger partial charge is 0.491 e. The molecule has 2 rings (SSSR count). The fourth-order valence-corrected chi connectivity index (χ4v) is 2.13. The monoisotopic (exact) mass is 300 g/mol. The van der Waals surface area contributed by atoms with Gasteiger partial charge in [-0.1, -0.05) is 23.7 Å². The first-order valence-corrected chi connectivity index (χ1v) is 7.15. The van der Waals surface area contributed by atoms with Crippen LogP contribution in [-0.4, -0.2) is 6.10 Å². The van der Waals surface area contributed by atoms with Crippen molar-refractivity contribution >= 4 is 17.3 Å². The number of hydrogen-bond donors (Lipinski definition) is 1. The summed E-state index contributed by atoms with van der Waals surface area (Å²) >= 11 is 5.97. The highest BCUT2D eigenvalue weighted by molar-refractivity contribution is 6.30. The zero-order valence-electron chi connectivity index (χ0n) is 12.1. The lowest BCUT2D eigenvalue weighted by Gasteiger charge is -2.12. The Hall–Kier alpha value is -2.18. The highest BCUT2D eigenvalue weighted by atomic mass is 35.5. The summed E-state index contributed by atoms with van der Waals surface area (Å²) in [5, 5.41) is 12.9. The SMILES string of the molecule is CC(C)Oc1cccc(CNc2cc(Cl)ccc2C#N)c1. The Kier molecular flexibility index (Phi) is 5.08. The molecule has 4 heteroatoms. The van der Waals surface area contributed by atoms with Gasteiger partial charge in [-0.3, -0.25) is 0 Å². The minimum atomic E-state index is 0.145. The Morgan fingerprint density at radius 3 is 2.76 bits per heavy atom. The van der Waals surface area contributed by atoms with Crippen LogP contribution in [0.15, 0.2) is 42.5 Å². The van der Waals surface area contributed by atoms with Gasteiger partial charge in [-0.25, -0.2) is 0 Å².